The molecule has 15 heavy (non-hydrogen) atoms. The SMILES string of the molecule is CC(=O)Cc1cc(F)c(O)c(C(=O)O)c1. The molecular formula is C10H9FO4. The average molecular weight is 212 g/mol. The van der Waals surface area contributed by atoms with E-state index >= 15 is 0 Å². The molecular weight excluding hydrogens is 203 g/mol. The molecule has 0 aliphatic rings. The third kappa shape index (κ3) is 2.52. The van der Waals surface area contributed by atoms with Crippen LogP contribution in [0, 0.1) is 5.82 Å². The van der Waals surface area contributed by atoms with Gasteiger partial charge in [-0.2, -0.15) is 0 Å². The second-order valence-electron chi connectivity index (χ2n) is 3.16. The van der Waals surface area contributed by atoms with Gasteiger partial charge in [0.2, 0.25) is 0 Å². The second-order valence-corrected chi connectivity index (χ2v) is 3.16. The molecule has 1 aromatic rings. The van der Waals surface area contributed by atoms with Crippen molar-refractivity contribution in [2.24, 2.45) is 0 Å². The van der Waals surface area contributed by atoms with Gasteiger partial charge in [0, 0.05) is 6.42 Å². The second kappa shape index (κ2) is 4.08. The molecule has 0 aliphatic heterocycles. The molecule has 0 aromatic heterocycles. The number of phenols is 1. The maximum absolute atomic E-state index is 13.0. The molecule has 2 N–H and O–H groups in total. The molecule has 0 unspecified atom stereocenters. The molecule has 0 saturated heterocycles. The Morgan fingerprint density at radius 3 is 2.47 bits per heavy atom. The first-order chi connectivity index (χ1) is 6.91. The number of hydrogen-bond donors (Lipinski definition) is 2. The number of halogens is 1. The average Bonchev–Trinajstić information content (AvgIpc) is 2.09. The van der Waals surface area contributed by atoms with Crippen LogP contribution in [0.2, 0.25) is 0 Å². The van der Waals surface area contributed by atoms with Crippen molar-refractivity contribution in [1.29, 1.82) is 0 Å². The van der Waals surface area contributed by atoms with Gasteiger partial charge in [0.15, 0.2) is 11.6 Å². The summed E-state index contributed by atoms with van der Waals surface area (Å²) < 4.78 is 13.0. The van der Waals surface area contributed by atoms with E-state index in [9.17, 15) is 14.0 Å². The van der Waals surface area contributed by atoms with Crippen LogP contribution in [-0.2, 0) is 11.2 Å². The zero-order valence-electron chi connectivity index (χ0n) is 7.95. The van der Waals surface area contributed by atoms with E-state index in [2.05, 4.69) is 0 Å². The Bertz CT molecular complexity index is 426. The van der Waals surface area contributed by atoms with E-state index in [0.29, 0.717) is 0 Å². The number of aromatic hydroxyl groups is 1. The lowest BCUT2D eigenvalue weighted by atomic mass is 10.0. The first kappa shape index (κ1) is 11.2. The smallest absolute Gasteiger partial charge is 0.339 e. The van der Waals surface area contributed by atoms with Crippen LogP contribution in [0.3, 0.4) is 0 Å². The number of carbonyl (C=O) groups is 2. The highest BCUT2D eigenvalue weighted by Crippen LogP contribution is 2.23. The maximum atomic E-state index is 13.0. The van der Waals surface area contributed by atoms with E-state index in [0.717, 1.165) is 12.1 Å². The summed E-state index contributed by atoms with van der Waals surface area (Å²) in [6.07, 6.45) is -0.0581. The fourth-order valence-corrected chi connectivity index (χ4v) is 1.21. The first-order valence-electron chi connectivity index (χ1n) is 4.16. The third-order valence-electron chi connectivity index (χ3n) is 1.81. The molecule has 4 nitrogen and oxygen atoms in total. The minimum atomic E-state index is -1.43. The van der Waals surface area contributed by atoms with Crippen molar-refractivity contribution < 1.29 is 24.2 Å². The minimum absolute atomic E-state index is 0.0581. The molecule has 0 fully saturated rings. The molecule has 0 amide bonds. The number of hydrogen-bond acceptors (Lipinski definition) is 3. The van der Waals surface area contributed by atoms with Crippen molar-refractivity contribution in [2.45, 2.75) is 13.3 Å². The number of benzene rings is 1. The first-order valence-corrected chi connectivity index (χ1v) is 4.16. The summed E-state index contributed by atoms with van der Waals surface area (Å²) in [4.78, 5) is 21.4. The lowest BCUT2D eigenvalue weighted by Gasteiger charge is -2.04. The van der Waals surface area contributed by atoms with Gasteiger partial charge in [-0.25, -0.2) is 9.18 Å². The van der Waals surface area contributed by atoms with E-state index < -0.39 is 23.1 Å². The standard InChI is InChI=1S/C10H9FO4/c1-5(12)2-6-3-7(10(14)15)9(13)8(11)4-6/h3-4,13H,2H2,1H3,(H,14,15). The highest BCUT2D eigenvalue weighted by molar-refractivity contribution is 5.91. The summed E-state index contributed by atoms with van der Waals surface area (Å²) in [7, 11) is 0. The fraction of sp³-hybridized carbons (Fsp3) is 0.200. The van der Waals surface area contributed by atoms with E-state index in [4.69, 9.17) is 10.2 Å². The summed E-state index contributed by atoms with van der Waals surface area (Å²) >= 11 is 0. The summed E-state index contributed by atoms with van der Waals surface area (Å²) in [5, 5.41) is 17.7. The Morgan fingerprint density at radius 1 is 1.40 bits per heavy atom. The molecule has 0 bridgehead atoms. The van der Waals surface area contributed by atoms with Crippen LogP contribution in [0.5, 0.6) is 5.75 Å². The fourth-order valence-electron chi connectivity index (χ4n) is 1.21. The van der Waals surface area contributed by atoms with Gasteiger partial charge in [-0.15, -0.1) is 0 Å². The van der Waals surface area contributed by atoms with Crippen molar-refractivity contribution in [2.75, 3.05) is 0 Å². The predicted octanol–water partition coefficient (Wildman–Crippen LogP) is 1.36. The molecule has 0 radical (unpaired) electrons. The van der Waals surface area contributed by atoms with E-state index in [1.165, 1.54) is 6.92 Å². The molecule has 5 heteroatoms. The number of carboxylic acids is 1. The van der Waals surface area contributed by atoms with Crippen molar-refractivity contribution in [3.63, 3.8) is 0 Å². The van der Waals surface area contributed by atoms with Crippen molar-refractivity contribution in [3.05, 3.63) is 29.1 Å². The van der Waals surface area contributed by atoms with Crippen molar-refractivity contribution in [3.8, 4) is 5.75 Å². The van der Waals surface area contributed by atoms with Crippen LogP contribution in [0.25, 0.3) is 0 Å². The number of carboxylic acid groups (broad SMARTS) is 1. The highest BCUT2D eigenvalue weighted by Gasteiger charge is 2.15. The lowest BCUT2D eigenvalue weighted by Crippen LogP contribution is -2.03. The Kier molecular flexibility index (Phi) is 3.04. The number of ketones is 1. The molecule has 80 valence electrons. The molecule has 0 saturated carbocycles. The topological polar surface area (TPSA) is 74.6 Å². The number of aromatic carboxylic acids is 1. The lowest BCUT2D eigenvalue weighted by molar-refractivity contribution is -0.116. The van der Waals surface area contributed by atoms with E-state index in [-0.39, 0.29) is 17.8 Å². The van der Waals surface area contributed by atoms with Crippen LogP contribution in [0.15, 0.2) is 12.1 Å². The van der Waals surface area contributed by atoms with Gasteiger partial charge in [-0.1, -0.05) is 0 Å². The summed E-state index contributed by atoms with van der Waals surface area (Å²) in [5.41, 5.74) is -0.304. The maximum Gasteiger partial charge on any atom is 0.339 e. The van der Waals surface area contributed by atoms with Crippen LogP contribution in [0.1, 0.15) is 22.8 Å². The summed E-state index contributed by atoms with van der Waals surface area (Å²) in [5.74, 6) is -3.59. The van der Waals surface area contributed by atoms with Crippen LogP contribution in [-0.4, -0.2) is 22.0 Å². The van der Waals surface area contributed by atoms with Gasteiger partial charge in [0.05, 0.1) is 0 Å². The number of carbonyl (C=O) groups excluding carboxylic acids is 1. The van der Waals surface area contributed by atoms with Gasteiger partial charge >= 0.3 is 5.97 Å². The predicted molar refractivity (Wildman–Crippen MR) is 49.4 cm³/mol. The van der Waals surface area contributed by atoms with Gasteiger partial charge in [0.1, 0.15) is 11.3 Å². The monoisotopic (exact) mass is 212 g/mol. The molecule has 0 heterocycles. The highest BCUT2D eigenvalue weighted by atomic mass is 19.1. The Balaban J connectivity index is 3.23. The van der Waals surface area contributed by atoms with Gasteiger partial charge in [0.25, 0.3) is 0 Å². The van der Waals surface area contributed by atoms with Crippen LogP contribution >= 0.6 is 0 Å². The van der Waals surface area contributed by atoms with Crippen molar-refractivity contribution >= 4 is 11.8 Å². The Hall–Kier alpha value is -1.91. The van der Waals surface area contributed by atoms with E-state index in [1.807, 2.05) is 0 Å². The zero-order valence-corrected chi connectivity index (χ0v) is 7.95. The third-order valence-corrected chi connectivity index (χ3v) is 1.81. The van der Waals surface area contributed by atoms with E-state index in [1.54, 1.807) is 0 Å². The Labute approximate surface area is 85.0 Å². The molecule has 0 atom stereocenters. The van der Waals surface area contributed by atoms with Gasteiger partial charge in [-0.3, -0.25) is 4.79 Å². The van der Waals surface area contributed by atoms with Crippen molar-refractivity contribution in [1.82, 2.24) is 0 Å². The largest absolute Gasteiger partial charge is 0.504 e. The normalized spacial score (nSPS) is 10.0. The number of Topliss-reactive ketones (excluding diaryl/α,β-unsaturated/α-hetero) is 1. The Morgan fingerprint density at radius 2 is 2.00 bits per heavy atom. The number of rotatable bonds is 3. The van der Waals surface area contributed by atoms with Gasteiger partial charge in [-0.05, 0) is 24.6 Å². The van der Waals surface area contributed by atoms with Crippen LogP contribution in [0.4, 0.5) is 4.39 Å². The molecule has 1 aromatic carbocycles. The van der Waals surface area contributed by atoms with Crippen LogP contribution < -0.4 is 0 Å². The van der Waals surface area contributed by atoms with Gasteiger partial charge < -0.3 is 10.2 Å². The summed E-state index contributed by atoms with van der Waals surface area (Å²) in [6, 6.07) is 2.03. The minimum Gasteiger partial charge on any atom is -0.504 e. The molecule has 1 rings (SSSR count). The quantitative estimate of drug-likeness (QED) is 0.793. The zero-order chi connectivity index (χ0) is 11.6. The molecule has 0 aliphatic carbocycles. The summed E-state index contributed by atoms with van der Waals surface area (Å²) in [6.45, 7) is 1.31. The molecule has 0 spiro atoms.